The van der Waals surface area contributed by atoms with Gasteiger partial charge in [-0.1, -0.05) is 13.0 Å². The highest BCUT2D eigenvalue weighted by atomic mass is 19.3. The van der Waals surface area contributed by atoms with Gasteiger partial charge in [-0.25, -0.2) is 8.78 Å². The molecule has 5 heterocycles. The second-order valence-corrected chi connectivity index (χ2v) is 11.6. The quantitative estimate of drug-likeness (QED) is 0.510. The molecule has 2 aromatic rings. The maximum Gasteiger partial charge on any atom is 0.264 e. The van der Waals surface area contributed by atoms with Crippen molar-refractivity contribution in [2.75, 3.05) is 50.8 Å². The van der Waals surface area contributed by atoms with Crippen molar-refractivity contribution in [3.05, 3.63) is 40.1 Å². The van der Waals surface area contributed by atoms with Gasteiger partial charge < -0.3 is 19.4 Å². The van der Waals surface area contributed by atoms with Gasteiger partial charge in [0.15, 0.2) is 5.82 Å². The van der Waals surface area contributed by atoms with Gasteiger partial charge >= 0.3 is 0 Å². The minimum absolute atomic E-state index is 0.0585. The summed E-state index contributed by atoms with van der Waals surface area (Å²) >= 11 is 0. The maximum absolute atomic E-state index is 14.6. The van der Waals surface area contributed by atoms with Gasteiger partial charge in [0.1, 0.15) is 0 Å². The first-order valence-corrected chi connectivity index (χ1v) is 14.8. The van der Waals surface area contributed by atoms with Crippen LogP contribution in [0.3, 0.4) is 0 Å². The van der Waals surface area contributed by atoms with Crippen LogP contribution in [-0.4, -0.2) is 71.4 Å². The molecular weight excluding hydrogens is 500 g/mol. The molecule has 0 bridgehead atoms. The second kappa shape index (κ2) is 11.2. The van der Waals surface area contributed by atoms with Crippen molar-refractivity contribution in [3.8, 4) is 0 Å². The summed E-state index contributed by atoms with van der Waals surface area (Å²) in [6, 6.07) is 4.13. The highest BCUT2D eigenvalue weighted by molar-refractivity contribution is 5.75. The molecule has 0 saturated carbocycles. The van der Waals surface area contributed by atoms with Crippen molar-refractivity contribution >= 4 is 17.4 Å². The predicted octanol–water partition coefficient (Wildman–Crippen LogP) is 5.36. The van der Waals surface area contributed by atoms with Crippen LogP contribution in [0.25, 0.3) is 0 Å². The number of fused-ring (bicyclic) bond motifs is 2. The largest absolute Gasteiger partial charge is 0.381 e. The van der Waals surface area contributed by atoms with Gasteiger partial charge in [0.05, 0.1) is 12.6 Å². The molecule has 0 unspecified atom stereocenters. The second-order valence-electron chi connectivity index (χ2n) is 11.6. The number of nitrogens with zero attached hydrogens (tertiary/aromatic N) is 5. The first kappa shape index (κ1) is 26.7. The third-order valence-corrected chi connectivity index (χ3v) is 9.42. The van der Waals surface area contributed by atoms with Crippen molar-refractivity contribution < 1.29 is 18.3 Å². The zero-order valence-corrected chi connectivity index (χ0v) is 23.3. The number of aromatic nitrogens is 2. The summed E-state index contributed by atoms with van der Waals surface area (Å²) < 4.78 is 37.0. The van der Waals surface area contributed by atoms with Crippen LogP contribution in [0.5, 0.6) is 0 Å². The van der Waals surface area contributed by atoms with Gasteiger partial charge in [0.2, 0.25) is 5.91 Å². The Morgan fingerprint density at radius 3 is 2.54 bits per heavy atom. The Kier molecular flexibility index (Phi) is 7.64. The van der Waals surface area contributed by atoms with Gasteiger partial charge in [-0.15, -0.1) is 0 Å². The molecule has 0 spiro atoms. The molecule has 212 valence electrons. The van der Waals surface area contributed by atoms with Gasteiger partial charge in [0.25, 0.3) is 6.43 Å². The van der Waals surface area contributed by atoms with E-state index in [4.69, 9.17) is 9.84 Å². The summed E-state index contributed by atoms with van der Waals surface area (Å²) in [4.78, 5) is 18.8. The number of alkyl halides is 2. The van der Waals surface area contributed by atoms with E-state index in [2.05, 4.69) is 27.5 Å². The lowest BCUT2D eigenvalue weighted by Crippen LogP contribution is -2.36. The van der Waals surface area contributed by atoms with Crippen LogP contribution < -0.4 is 4.90 Å². The fourth-order valence-corrected chi connectivity index (χ4v) is 7.14. The molecule has 2 saturated heterocycles. The van der Waals surface area contributed by atoms with Crippen molar-refractivity contribution in [2.45, 2.75) is 83.7 Å². The first-order chi connectivity index (χ1) is 18.9. The molecule has 1 aromatic heterocycles. The number of anilines is 2. The number of hydrogen-bond acceptors (Lipinski definition) is 5. The molecular formula is C30H41F2N5O2. The van der Waals surface area contributed by atoms with Crippen LogP contribution in [-0.2, 0) is 28.9 Å². The predicted molar refractivity (Wildman–Crippen MR) is 147 cm³/mol. The highest BCUT2D eigenvalue weighted by Gasteiger charge is 2.35. The van der Waals surface area contributed by atoms with E-state index < -0.39 is 6.43 Å². The van der Waals surface area contributed by atoms with Gasteiger partial charge in [-0.05, 0) is 81.3 Å². The maximum atomic E-state index is 14.6. The van der Waals surface area contributed by atoms with E-state index in [9.17, 15) is 13.6 Å². The van der Waals surface area contributed by atoms with Crippen molar-refractivity contribution in [1.82, 2.24) is 19.6 Å². The highest BCUT2D eigenvalue weighted by Crippen LogP contribution is 2.44. The lowest BCUT2D eigenvalue weighted by Gasteiger charge is -2.35. The lowest BCUT2D eigenvalue weighted by atomic mass is 9.83. The van der Waals surface area contributed by atoms with Gasteiger partial charge in [-0.3, -0.25) is 9.48 Å². The summed E-state index contributed by atoms with van der Waals surface area (Å²) in [5.74, 6) is 1.08. The normalized spacial score (nSPS) is 21.4. The van der Waals surface area contributed by atoms with Crippen LogP contribution in [0, 0.1) is 0 Å². The standard InChI is InChI=1S/C30H41F2N5O2/c1-3-34-12-6-21(7-13-34)24-17-22-5-4-11-36(28(22)18-25(24)29(31)32)30-26-19-35(20(2)38)14-8-27(26)37(33-30)23-9-15-39-16-10-23/h17-18,21,23,29H,3-16,19H2,1-2H3. The fraction of sp³-hybridized carbons (Fsp3) is 0.667. The number of amides is 1. The number of ether oxygens (including phenoxy) is 1. The number of rotatable bonds is 5. The number of piperidine rings is 1. The molecule has 1 aromatic carbocycles. The average Bonchev–Trinajstić information content (AvgIpc) is 3.35. The smallest absolute Gasteiger partial charge is 0.264 e. The first-order valence-electron chi connectivity index (χ1n) is 14.8. The van der Waals surface area contributed by atoms with E-state index in [1.54, 1.807) is 13.0 Å². The van der Waals surface area contributed by atoms with Crippen LogP contribution >= 0.6 is 0 Å². The Bertz CT molecular complexity index is 1200. The van der Waals surface area contributed by atoms with Crippen LogP contribution in [0.15, 0.2) is 12.1 Å². The van der Waals surface area contributed by atoms with E-state index in [1.807, 2.05) is 4.90 Å². The van der Waals surface area contributed by atoms with Gasteiger partial charge in [-0.2, -0.15) is 5.10 Å². The zero-order chi connectivity index (χ0) is 27.1. The number of carbonyl (C=O) groups is 1. The third-order valence-electron chi connectivity index (χ3n) is 9.42. The molecule has 4 aliphatic rings. The number of likely N-dealkylation sites (tertiary alicyclic amines) is 1. The summed E-state index contributed by atoms with van der Waals surface area (Å²) in [6.07, 6.45) is 3.77. The summed E-state index contributed by atoms with van der Waals surface area (Å²) in [5.41, 5.74) is 5.30. The number of halogens is 2. The molecule has 9 heteroatoms. The van der Waals surface area contributed by atoms with E-state index >= 15 is 0 Å². The number of aryl methyl sites for hydroxylation is 1. The molecule has 4 aliphatic heterocycles. The summed E-state index contributed by atoms with van der Waals surface area (Å²) in [7, 11) is 0. The SMILES string of the molecule is CCN1CCC(c2cc3c(cc2C(F)F)N(c2nn(C4CCOCC4)c4c2CN(C(C)=O)CC4)CCC3)CC1. The Hall–Kier alpha value is -2.52. The number of carbonyl (C=O) groups excluding carboxylic acids is 1. The molecule has 0 atom stereocenters. The topological polar surface area (TPSA) is 53.8 Å². The molecule has 39 heavy (non-hydrogen) atoms. The van der Waals surface area contributed by atoms with Gasteiger partial charge in [0, 0.05) is 62.2 Å². The third kappa shape index (κ3) is 5.08. The minimum Gasteiger partial charge on any atom is -0.381 e. The van der Waals surface area contributed by atoms with Crippen LogP contribution in [0.4, 0.5) is 20.3 Å². The molecule has 0 aliphatic carbocycles. The molecule has 1 amide bonds. The molecule has 7 nitrogen and oxygen atoms in total. The van der Waals surface area contributed by atoms with E-state index in [0.29, 0.717) is 13.1 Å². The Labute approximate surface area is 230 Å². The zero-order valence-electron chi connectivity index (χ0n) is 23.3. The molecule has 0 radical (unpaired) electrons. The lowest BCUT2D eigenvalue weighted by molar-refractivity contribution is -0.129. The van der Waals surface area contributed by atoms with Crippen molar-refractivity contribution in [2.24, 2.45) is 0 Å². The molecule has 0 N–H and O–H groups in total. The van der Waals surface area contributed by atoms with Crippen LogP contribution in [0.2, 0.25) is 0 Å². The van der Waals surface area contributed by atoms with Crippen LogP contribution in [0.1, 0.15) is 92.3 Å². The van der Waals surface area contributed by atoms with E-state index in [0.717, 1.165) is 113 Å². The van der Waals surface area contributed by atoms with Crippen molar-refractivity contribution in [3.63, 3.8) is 0 Å². The number of hydrogen-bond donors (Lipinski definition) is 0. The average molecular weight is 542 g/mol. The summed E-state index contributed by atoms with van der Waals surface area (Å²) in [5, 5.41) is 5.19. The Morgan fingerprint density at radius 1 is 1.08 bits per heavy atom. The Morgan fingerprint density at radius 2 is 1.85 bits per heavy atom. The van der Waals surface area contributed by atoms with E-state index in [1.165, 1.54) is 5.69 Å². The Balaban J connectivity index is 1.40. The number of benzene rings is 1. The summed E-state index contributed by atoms with van der Waals surface area (Å²) in [6.45, 7) is 10.1. The van der Waals surface area contributed by atoms with Crippen molar-refractivity contribution in [1.29, 1.82) is 0 Å². The molecule has 6 rings (SSSR count). The van der Waals surface area contributed by atoms with E-state index in [-0.39, 0.29) is 23.4 Å². The fourth-order valence-electron chi connectivity index (χ4n) is 7.14. The monoisotopic (exact) mass is 541 g/mol. The minimum atomic E-state index is -2.51. The molecule has 2 fully saturated rings.